The van der Waals surface area contributed by atoms with Gasteiger partial charge >= 0.3 is 0 Å². The maximum atomic E-state index is 13.1. The first-order valence-corrected chi connectivity index (χ1v) is 8.30. The number of hydrogen-bond donors (Lipinski definition) is 1. The van der Waals surface area contributed by atoms with Gasteiger partial charge in [-0.15, -0.1) is 0 Å². The van der Waals surface area contributed by atoms with Gasteiger partial charge in [0.15, 0.2) is 0 Å². The second-order valence-electron chi connectivity index (χ2n) is 7.38. The second-order valence-corrected chi connectivity index (χ2v) is 7.38. The number of aliphatic hydroxyl groups excluding tert-OH is 1. The SMILES string of the molecule is Cc1cc(N2C(=O)[C@@H]3[C@H](C2=O)[C@@]2(C)C=C[C@@]3(CO)O2)c([N+](=O)[O-])cc1C. The molecule has 0 unspecified atom stereocenters. The number of benzene rings is 1. The summed E-state index contributed by atoms with van der Waals surface area (Å²) in [7, 11) is 0. The Morgan fingerprint density at radius 2 is 1.81 bits per heavy atom. The fourth-order valence-electron chi connectivity index (χ4n) is 4.39. The highest BCUT2D eigenvalue weighted by Gasteiger charge is 2.72. The van der Waals surface area contributed by atoms with Crippen LogP contribution in [0.25, 0.3) is 0 Å². The molecule has 2 bridgehead atoms. The molecule has 3 heterocycles. The molecule has 3 aliphatic heterocycles. The first-order chi connectivity index (χ1) is 12.1. The normalized spacial score (nSPS) is 34.7. The fraction of sp³-hybridized carbons (Fsp3) is 0.444. The highest BCUT2D eigenvalue weighted by Crippen LogP contribution is 2.58. The Kier molecular flexibility index (Phi) is 3.23. The van der Waals surface area contributed by atoms with Crippen LogP contribution >= 0.6 is 0 Å². The van der Waals surface area contributed by atoms with Crippen molar-refractivity contribution in [3.8, 4) is 0 Å². The average Bonchev–Trinajstić information content (AvgIpc) is 3.16. The van der Waals surface area contributed by atoms with Crippen molar-refractivity contribution in [2.24, 2.45) is 11.8 Å². The van der Waals surface area contributed by atoms with E-state index in [1.165, 1.54) is 12.1 Å². The quantitative estimate of drug-likeness (QED) is 0.379. The van der Waals surface area contributed by atoms with E-state index in [9.17, 15) is 24.8 Å². The molecule has 0 spiro atoms. The number of amides is 2. The lowest BCUT2D eigenvalue weighted by atomic mass is 9.73. The van der Waals surface area contributed by atoms with Gasteiger partial charge < -0.3 is 9.84 Å². The molecule has 3 aliphatic rings. The number of ether oxygens (including phenoxy) is 1. The number of nitro groups is 1. The number of fused-ring (bicyclic) bond motifs is 5. The standard InChI is InChI=1S/C18H18N2O6/c1-9-6-11(12(20(24)25)7-10(9)2)19-15(22)13-14(16(19)23)18(8-21)5-4-17(13,3)26-18/h4-7,13-14,21H,8H2,1-3H3/t13-,14+,17-,18+/m1/s1. The topological polar surface area (TPSA) is 110 Å². The van der Waals surface area contributed by atoms with Crippen LogP contribution in [0.15, 0.2) is 24.3 Å². The van der Waals surface area contributed by atoms with Crippen LogP contribution in [-0.2, 0) is 14.3 Å². The lowest BCUT2D eigenvalue weighted by Gasteiger charge is -2.27. The number of rotatable bonds is 3. The van der Waals surface area contributed by atoms with Gasteiger partial charge in [0.05, 0.1) is 29.0 Å². The third kappa shape index (κ3) is 1.85. The Hall–Kier alpha value is -2.58. The van der Waals surface area contributed by atoms with Gasteiger partial charge in [-0.05, 0) is 38.0 Å². The van der Waals surface area contributed by atoms with E-state index >= 15 is 0 Å². The number of aliphatic hydroxyl groups is 1. The molecule has 4 rings (SSSR count). The first-order valence-electron chi connectivity index (χ1n) is 8.30. The average molecular weight is 358 g/mol. The third-order valence-electron chi connectivity index (χ3n) is 5.83. The second kappa shape index (κ2) is 4.99. The molecule has 2 saturated heterocycles. The van der Waals surface area contributed by atoms with Crippen LogP contribution in [0.3, 0.4) is 0 Å². The Bertz CT molecular complexity index is 909. The fourth-order valence-corrected chi connectivity index (χ4v) is 4.39. The number of carbonyl (C=O) groups is 2. The number of aryl methyl sites for hydroxylation is 2. The Labute approximate surface area is 149 Å². The summed E-state index contributed by atoms with van der Waals surface area (Å²) in [4.78, 5) is 38.0. The van der Waals surface area contributed by atoms with E-state index in [0.717, 1.165) is 10.5 Å². The number of nitro benzene ring substituents is 1. The van der Waals surface area contributed by atoms with E-state index in [4.69, 9.17) is 4.74 Å². The minimum atomic E-state index is -1.25. The van der Waals surface area contributed by atoms with Crippen LogP contribution in [-0.4, -0.2) is 39.7 Å². The molecule has 26 heavy (non-hydrogen) atoms. The van der Waals surface area contributed by atoms with Crippen molar-refractivity contribution in [2.75, 3.05) is 11.5 Å². The van der Waals surface area contributed by atoms with Crippen molar-refractivity contribution in [1.29, 1.82) is 0 Å². The van der Waals surface area contributed by atoms with E-state index in [-0.39, 0.29) is 11.4 Å². The van der Waals surface area contributed by atoms with E-state index in [1.54, 1.807) is 32.9 Å². The maximum absolute atomic E-state index is 13.1. The van der Waals surface area contributed by atoms with Crippen molar-refractivity contribution in [3.05, 3.63) is 45.5 Å². The van der Waals surface area contributed by atoms with Gasteiger partial charge in [0, 0.05) is 6.07 Å². The van der Waals surface area contributed by atoms with Crippen molar-refractivity contribution in [2.45, 2.75) is 32.0 Å². The molecule has 0 aromatic heterocycles. The van der Waals surface area contributed by atoms with Crippen LogP contribution in [0.4, 0.5) is 11.4 Å². The van der Waals surface area contributed by atoms with Gasteiger partial charge in [0.2, 0.25) is 11.8 Å². The van der Waals surface area contributed by atoms with E-state index in [1.807, 2.05) is 0 Å². The number of hydrogen-bond acceptors (Lipinski definition) is 6. The summed E-state index contributed by atoms with van der Waals surface area (Å²) >= 11 is 0. The number of anilines is 1. The molecular formula is C18H18N2O6. The number of imide groups is 1. The van der Waals surface area contributed by atoms with Crippen LogP contribution in [0, 0.1) is 35.8 Å². The monoisotopic (exact) mass is 358 g/mol. The summed E-state index contributed by atoms with van der Waals surface area (Å²) in [6.07, 6.45) is 3.31. The molecule has 1 aromatic carbocycles. The van der Waals surface area contributed by atoms with Gasteiger partial charge in [-0.25, -0.2) is 4.90 Å². The predicted octanol–water partition coefficient (Wildman–Crippen LogP) is 1.41. The maximum Gasteiger partial charge on any atom is 0.293 e. The lowest BCUT2D eigenvalue weighted by Crippen LogP contribution is -2.43. The van der Waals surface area contributed by atoms with Gasteiger partial charge in [0.25, 0.3) is 5.69 Å². The molecule has 8 nitrogen and oxygen atoms in total. The minimum Gasteiger partial charge on any atom is -0.393 e. The molecule has 0 radical (unpaired) electrons. The van der Waals surface area contributed by atoms with Crippen molar-refractivity contribution in [1.82, 2.24) is 0 Å². The molecule has 2 fully saturated rings. The Balaban J connectivity index is 1.88. The molecule has 136 valence electrons. The molecule has 2 amide bonds. The van der Waals surface area contributed by atoms with E-state index < -0.39 is 46.4 Å². The molecule has 8 heteroatoms. The summed E-state index contributed by atoms with van der Waals surface area (Å²) in [5, 5.41) is 21.3. The highest BCUT2D eigenvalue weighted by atomic mass is 16.6. The summed E-state index contributed by atoms with van der Waals surface area (Å²) in [5.41, 5.74) is -1.15. The number of nitrogens with zero attached hydrogens (tertiary/aromatic N) is 2. The predicted molar refractivity (Wildman–Crippen MR) is 90.5 cm³/mol. The Morgan fingerprint density at radius 1 is 1.19 bits per heavy atom. The Morgan fingerprint density at radius 3 is 2.42 bits per heavy atom. The molecular weight excluding hydrogens is 340 g/mol. The molecule has 1 N–H and O–H groups in total. The van der Waals surface area contributed by atoms with Gasteiger partial charge in [0.1, 0.15) is 11.3 Å². The summed E-state index contributed by atoms with van der Waals surface area (Å²) in [5.74, 6) is -2.81. The summed E-state index contributed by atoms with van der Waals surface area (Å²) < 4.78 is 5.85. The zero-order valence-corrected chi connectivity index (χ0v) is 14.6. The third-order valence-corrected chi connectivity index (χ3v) is 5.83. The van der Waals surface area contributed by atoms with Crippen molar-refractivity contribution < 1.29 is 24.4 Å². The van der Waals surface area contributed by atoms with Crippen LogP contribution in [0.2, 0.25) is 0 Å². The van der Waals surface area contributed by atoms with E-state index in [2.05, 4.69) is 0 Å². The zero-order chi connectivity index (χ0) is 19.0. The molecule has 0 saturated carbocycles. The first kappa shape index (κ1) is 16.9. The van der Waals surface area contributed by atoms with Crippen LogP contribution in [0.5, 0.6) is 0 Å². The van der Waals surface area contributed by atoms with Gasteiger partial charge in [-0.1, -0.05) is 12.2 Å². The summed E-state index contributed by atoms with van der Waals surface area (Å²) in [6, 6.07) is 2.86. The van der Waals surface area contributed by atoms with Gasteiger partial charge in [-0.2, -0.15) is 0 Å². The smallest absolute Gasteiger partial charge is 0.293 e. The lowest BCUT2D eigenvalue weighted by molar-refractivity contribution is -0.384. The molecule has 0 aliphatic carbocycles. The summed E-state index contributed by atoms with van der Waals surface area (Å²) in [6.45, 7) is 4.74. The van der Waals surface area contributed by atoms with Crippen molar-refractivity contribution >= 4 is 23.2 Å². The van der Waals surface area contributed by atoms with Crippen LogP contribution in [0.1, 0.15) is 18.1 Å². The zero-order valence-electron chi connectivity index (χ0n) is 14.6. The minimum absolute atomic E-state index is 0.0291. The molecule has 1 aromatic rings. The number of carbonyl (C=O) groups excluding carboxylic acids is 2. The van der Waals surface area contributed by atoms with Gasteiger partial charge in [-0.3, -0.25) is 19.7 Å². The van der Waals surface area contributed by atoms with Crippen molar-refractivity contribution in [3.63, 3.8) is 0 Å². The van der Waals surface area contributed by atoms with E-state index in [0.29, 0.717) is 5.56 Å². The molecule has 4 atom stereocenters. The van der Waals surface area contributed by atoms with Crippen LogP contribution < -0.4 is 4.90 Å². The highest BCUT2D eigenvalue weighted by molar-refractivity contribution is 6.24. The largest absolute Gasteiger partial charge is 0.393 e.